The van der Waals surface area contributed by atoms with Crippen molar-refractivity contribution in [1.29, 1.82) is 0 Å². The summed E-state index contributed by atoms with van der Waals surface area (Å²) in [4.78, 5) is 34.5. The van der Waals surface area contributed by atoms with Crippen LogP contribution in [0.1, 0.15) is 20.3 Å². The zero-order valence-corrected chi connectivity index (χ0v) is 15.2. The van der Waals surface area contributed by atoms with Crippen LogP contribution in [0.2, 0.25) is 0 Å². The second-order valence-corrected chi connectivity index (χ2v) is 7.38. The number of hydrogen-bond donors (Lipinski definition) is 1. The summed E-state index contributed by atoms with van der Waals surface area (Å²) in [6.45, 7) is 2.94. The van der Waals surface area contributed by atoms with Gasteiger partial charge in [-0.1, -0.05) is 0 Å². The maximum Gasteiger partial charge on any atom is 0.315 e. The van der Waals surface area contributed by atoms with Crippen LogP contribution in [0.4, 0.5) is 11.4 Å². The highest BCUT2D eigenvalue weighted by molar-refractivity contribution is 6.53. The van der Waals surface area contributed by atoms with Crippen molar-refractivity contribution in [2.75, 3.05) is 12.4 Å². The van der Waals surface area contributed by atoms with Crippen LogP contribution in [0.3, 0.4) is 0 Å². The highest BCUT2D eigenvalue weighted by Crippen LogP contribution is 2.64. The topological polar surface area (TPSA) is 108 Å². The SMILES string of the molecule is COc1cc([N+](=O)[O-])ccc1NC(=O)[C@H](C)OC(=O)[C@@]1(C)CC1(Cl)Cl. The molecule has 0 aromatic heterocycles. The van der Waals surface area contributed by atoms with Crippen LogP contribution in [0.25, 0.3) is 0 Å². The van der Waals surface area contributed by atoms with E-state index in [4.69, 9.17) is 32.7 Å². The standard InChI is InChI=1S/C15H16Cl2N2O6/c1-8(25-13(21)14(2)7-15(14,16)17)12(20)18-10-5-4-9(19(22)23)6-11(10)24-3/h4-6,8H,7H2,1-3H3,(H,18,20)/t8-,14+/m0/s1. The Hall–Kier alpha value is -2.06. The van der Waals surface area contributed by atoms with E-state index in [1.807, 2.05) is 0 Å². The van der Waals surface area contributed by atoms with Gasteiger partial charge in [-0.2, -0.15) is 0 Å². The van der Waals surface area contributed by atoms with Gasteiger partial charge in [-0.3, -0.25) is 19.7 Å². The van der Waals surface area contributed by atoms with Gasteiger partial charge in [0.2, 0.25) is 0 Å². The minimum absolute atomic E-state index is 0.107. The first-order valence-electron chi connectivity index (χ1n) is 7.24. The third-order valence-electron chi connectivity index (χ3n) is 4.02. The lowest BCUT2D eigenvalue weighted by molar-refractivity contribution is -0.384. The summed E-state index contributed by atoms with van der Waals surface area (Å²) in [5, 5.41) is 13.3. The minimum atomic E-state index is -1.19. The predicted octanol–water partition coefficient (Wildman–Crippen LogP) is 3.06. The number of halogens is 2. The highest BCUT2D eigenvalue weighted by atomic mass is 35.5. The molecule has 1 aliphatic rings. The van der Waals surface area contributed by atoms with Gasteiger partial charge in [-0.05, 0) is 19.9 Å². The fourth-order valence-corrected chi connectivity index (χ4v) is 2.79. The number of hydrogen-bond acceptors (Lipinski definition) is 6. The molecular formula is C15H16Cl2N2O6. The molecule has 0 saturated heterocycles. The number of rotatable bonds is 6. The van der Waals surface area contributed by atoms with Crippen molar-refractivity contribution in [3.63, 3.8) is 0 Å². The first-order valence-corrected chi connectivity index (χ1v) is 7.99. The van der Waals surface area contributed by atoms with Crippen molar-refractivity contribution >= 4 is 46.5 Å². The van der Waals surface area contributed by atoms with Crippen molar-refractivity contribution in [3.8, 4) is 5.75 Å². The lowest BCUT2D eigenvalue weighted by atomic mass is 10.1. The average molecular weight is 391 g/mol. The molecule has 1 aromatic carbocycles. The summed E-state index contributed by atoms with van der Waals surface area (Å²) in [6, 6.07) is 3.72. The molecule has 25 heavy (non-hydrogen) atoms. The van der Waals surface area contributed by atoms with E-state index in [1.165, 1.54) is 32.2 Å². The number of nitrogens with zero attached hydrogens (tertiary/aromatic N) is 1. The number of non-ortho nitro benzene ring substituents is 1. The number of ether oxygens (including phenoxy) is 2. The van der Waals surface area contributed by atoms with Gasteiger partial charge in [0, 0.05) is 12.5 Å². The average Bonchev–Trinajstić information content (AvgIpc) is 3.06. The van der Waals surface area contributed by atoms with Crippen molar-refractivity contribution in [3.05, 3.63) is 28.3 Å². The Kier molecular flexibility index (Phi) is 5.15. The number of amides is 1. The zero-order chi connectivity index (χ0) is 19.0. The monoisotopic (exact) mass is 390 g/mol. The predicted molar refractivity (Wildman–Crippen MR) is 91.0 cm³/mol. The molecule has 8 nitrogen and oxygen atoms in total. The van der Waals surface area contributed by atoms with Crippen LogP contribution in [-0.2, 0) is 14.3 Å². The number of anilines is 1. The first kappa shape index (κ1) is 19.3. The molecule has 0 bridgehead atoms. The summed E-state index contributed by atoms with van der Waals surface area (Å²) in [6.07, 6.45) is -0.874. The van der Waals surface area contributed by atoms with Crippen LogP contribution in [-0.4, -0.2) is 34.3 Å². The summed E-state index contributed by atoms with van der Waals surface area (Å²) >= 11 is 11.8. The molecule has 1 aromatic rings. The number of carbonyl (C=O) groups excluding carboxylic acids is 2. The van der Waals surface area contributed by atoms with Crippen molar-refractivity contribution < 1.29 is 24.0 Å². The Morgan fingerprint density at radius 2 is 2.00 bits per heavy atom. The molecule has 0 unspecified atom stereocenters. The molecular weight excluding hydrogens is 375 g/mol. The fourth-order valence-electron chi connectivity index (χ4n) is 2.10. The van der Waals surface area contributed by atoms with E-state index in [-0.39, 0.29) is 23.5 Å². The van der Waals surface area contributed by atoms with Crippen molar-refractivity contribution in [2.45, 2.75) is 30.7 Å². The molecule has 2 atom stereocenters. The number of benzene rings is 1. The van der Waals surface area contributed by atoms with Crippen molar-refractivity contribution in [1.82, 2.24) is 0 Å². The first-order chi connectivity index (χ1) is 11.5. The van der Waals surface area contributed by atoms with Crippen LogP contribution in [0.15, 0.2) is 18.2 Å². The summed E-state index contributed by atoms with van der Waals surface area (Å²) < 4.78 is 8.95. The second-order valence-electron chi connectivity index (χ2n) is 5.89. The Labute approximate surface area is 153 Å². The Morgan fingerprint density at radius 3 is 2.48 bits per heavy atom. The van der Waals surface area contributed by atoms with Crippen LogP contribution < -0.4 is 10.1 Å². The second kappa shape index (κ2) is 6.68. The quantitative estimate of drug-likeness (QED) is 0.346. The lowest BCUT2D eigenvalue weighted by Gasteiger charge is -2.18. The molecule has 0 spiro atoms. The molecule has 10 heteroatoms. The van der Waals surface area contributed by atoms with E-state index >= 15 is 0 Å². The molecule has 1 N–H and O–H groups in total. The molecule has 1 amide bonds. The minimum Gasteiger partial charge on any atom is -0.494 e. The van der Waals surface area contributed by atoms with Gasteiger partial charge in [-0.15, -0.1) is 23.2 Å². The van der Waals surface area contributed by atoms with Gasteiger partial charge in [0.1, 0.15) is 15.5 Å². The van der Waals surface area contributed by atoms with Crippen molar-refractivity contribution in [2.24, 2.45) is 5.41 Å². The normalized spacial score (nSPS) is 21.8. The van der Waals surface area contributed by atoms with Gasteiger partial charge in [-0.25, -0.2) is 0 Å². The smallest absolute Gasteiger partial charge is 0.315 e. The lowest BCUT2D eigenvalue weighted by Crippen LogP contribution is -2.33. The summed E-state index contributed by atoms with van der Waals surface area (Å²) in [7, 11) is 1.31. The van der Waals surface area contributed by atoms with Gasteiger partial charge in [0.15, 0.2) is 6.10 Å². The summed E-state index contributed by atoms with van der Waals surface area (Å²) in [5.74, 6) is -1.19. The van der Waals surface area contributed by atoms with Crippen LogP contribution in [0.5, 0.6) is 5.75 Å². The van der Waals surface area contributed by atoms with E-state index < -0.39 is 32.7 Å². The fraction of sp³-hybridized carbons (Fsp3) is 0.467. The van der Waals surface area contributed by atoms with Crippen LogP contribution in [0, 0.1) is 15.5 Å². The number of carbonyl (C=O) groups is 2. The number of alkyl halides is 2. The highest BCUT2D eigenvalue weighted by Gasteiger charge is 2.69. The maximum atomic E-state index is 12.2. The molecule has 1 fully saturated rings. The molecule has 1 saturated carbocycles. The number of nitro benzene ring substituents is 1. The molecule has 0 aliphatic heterocycles. The molecule has 1 aliphatic carbocycles. The van der Waals surface area contributed by atoms with Crippen LogP contribution >= 0.6 is 23.2 Å². The Morgan fingerprint density at radius 1 is 1.40 bits per heavy atom. The number of nitrogens with one attached hydrogen (secondary N) is 1. The number of methoxy groups -OCH3 is 1. The van der Waals surface area contributed by atoms with E-state index in [9.17, 15) is 19.7 Å². The van der Waals surface area contributed by atoms with Gasteiger partial charge in [0.25, 0.3) is 11.6 Å². The van der Waals surface area contributed by atoms with Gasteiger partial charge in [0.05, 0.1) is 23.8 Å². The molecule has 0 heterocycles. The van der Waals surface area contributed by atoms with E-state index in [2.05, 4.69) is 5.32 Å². The third kappa shape index (κ3) is 3.80. The number of nitro groups is 1. The van der Waals surface area contributed by atoms with E-state index in [1.54, 1.807) is 6.92 Å². The number of esters is 1. The van der Waals surface area contributed by atoms with Gasteiger partial charge < -0.3 is 14.8 Å². The summed E-state index contributed by atoms with van der Waals surface area (Å²) in [5.41, 5.74) is -1.02. The Balaban J connectivity index is 2.04. The third-order valence-corrected chi connectivity index (χ3v) is 5.12. The largest absolute Gasteiger partial charge is 0.494 e. The van der Waals surface area contributed by atoms with E-state index in [0.717, 1.165) is 0 Å². The zero-order valence-electron chi connectivity index (χ0n) is 13.7. The molecule has 0 radical (unpaired) electrons. The Bertz CT molecular complexity index is 739. The van der Waals surface area contributed by atoms with E-state index in [0.29, 0.717) is 0 Å². The molecule has 2 rings (SSSR count). The maximum absolute atomic E-state index is 12.2. The van der Waals surface area contributed by atoms with Gasteiger partial charge >= 0.3 is 5.97 Å². The molecule has 136 valence electrons.